The summed E-state index contributed by atoms with van der Waals surface area (Å²) in [6, 6.07) is 20.9. The topological polar surface area (TPSA) is 83.1 Å². The lowest BCUT2D eigenvalue weighted by molar-refractivity contribution is -0.342. The summed E-state index contributed by atoms with van der Waals surface area (Å²) in [6.07, 6.45) is 5.48. The smallest absolute Gasteiger partial charge is 0.200 e. The number of rotatable bonds is 14. The minimum atomic E-state index is -2.39. The van der Waals surface area contributed by atoms with Crippen LogP contribution in [0.3, 0.4) is 0 Å². The van der Waals surface area contributed by atoms with E-state index in [2.05, 4.69) is 143 Å². The predicted octanol–water partition coefficient (Wildman–Crippen LogP) is 11.8. The van der Waals surface area contributed by atoms with Crippen molar-refractivity contribution >= 4 is 8.32 Å². The largest absolute Gasteiger partial charge is 0.410 e. The first-order chi connectivity index (χ1) is 31.1. The normalized spacial score (nSPS) is 40.3. The van der Waals surface area contributed by atoms with E-state index >= 15 is 0 Å². The molecule has 2 aromatic rings. The van der Waals surface area contributed by atoms with Crippen LogP contribution in [0.25, 0.3) is 0 Å². The minimum Gasteiger partial charge on any atom is -0.410 e. The summed E-state index contributed by atoms with van der Waals surface area (Å²) in [6.45, 7) is 31.7. The molecule has 6 heterocycles. The molecular weight excluding hydrogens is 833 g/mol. The molecule has 0 bridgehead atoms. The van der Waals surface area contributed by atoms with Crippen LogP contribution < -0.4 is 0 Å². The average molecular weight is 917 g/mol. The van der Waals surface area contributed by atoms with Crippen LogP contribution in [0.1, 0.15) is 132 Å². The van der Waals surface area contributed by atoms with Gasteiger partial charge >= 0.3 is 0 Å². The lowest BCUT2D eigenvalue weighted by atomic mass is 9.76. The van der Waals surface area contributed by atoms with Crippen LogP contribution in [0.5, 0.6) is 0 Å². The van der Waals surface area contributed by atoms with Crippen molar-refractivity contribution in [3.63, 3.8) is 0 Å². The summed E-state index contributed by atoms with van der Waals surface area (Å²) in [5, 5.41) is 0. The molecular formula is C55H84O9Si. The number of fused-ring (bicyclic) bond motifs is 4. The number of ether oxygens (including phenoxy) is 8. The maximum atomic E-state index is 7.87. The Morgan fingerprint density at radius 2 is 1.29 bits per heavy atom. The molecule has 9 nitrogen and oxygen atoms in total. The van der Waals surface area contributed by atoms with E-state index in [1.165, 1.54) is 0 Å². The van der Waals surface area contributed by atoms with Gasteiger partial charge in [0.15, 0.2) is 5.79 Å². The van der Waals surface area contributed by atoms with E-state index in [1.54, 1.807) is 0 Å². The number of hydrogen-bond acceptors (Lipinski definition) is 9. The summed E-state index contributed by atoms with van der Waals surface area (Å²) < 4.78 is 65.5. The van der Waals surface area contributed by atoms with Crippen molar-refractivity contribution in [1.29, 1.82) is 0 Å². The van der Waals surface area contributed by atoms with Crippen molar-refractivity contribution in [3.05, 3.63) is 84.4 Å². The molecule has 0 aromatic heterocycles. The van der Waals surface area contributed by atoms with Crippen LogP contribution in [0.15, 0.2) is 73.3 Å². The maximum Gasteiger partial charge on any atom is 0.200 e. The van der Waals surface area contributed by atoms with Gasteiger partial charge in [0.05, 0.1) is 80.9 Å². The molecule has 0 saturated carbocycles. The second-order valence-electron chi connectivity index (χ2n) is 22.2. The van der Waals surface area contributed by atoms with Gasteiger partial charge in [-0.25, -0.2) is 0 Å². The highest BCUT2D eigenvalue weighted by Gasteiger charge is 2.62. The summed E-state index contributed by atoms with van der Waals surface area (Å²) >= 11 is 0. The Labute approximate surface area is 393 Å². The van der Waals surface area contributed by atoms with Gasteiger partial charge in [-0.3, -0.25) is 0 Å². The summed E-state index contributed by atoms with van der Waals surface area (Å²) in [4.78, 5) is 0. The molecule has 6 aliphatic heterocycles. The third-order valence-electron chi connectivity index (χ3n) is 17.1. The van der Waals surface area contributed by atoms with Gasteiger partial charge in [0.1, 0.15) is 11.7 Å². The summed E-state index contributed by atoms with van der Waals surface area (Å²) in [5.74, 6) is 0.0489. The first kappa shape index (κ1) is 49.5. The van der Waals surface area contributed by atoms with Crippen molar-refractivity contribution in [2.24, 2.45) is 23.7 Å². The summed E-state index contributed by atoms with van der Waals surface area (Å²) in [5.41, 5.74) is 2.76. The maximum absolute atomic E-state index is 7.87. The van der Waals surface area contributed by atoms with E-state index in [0.717, 1.165) is 56.3 Å². The van der Waals surface area contributed by atoms with Gasteiger partial charge < -0.3 is 42.3 Å². The Morgan fingerprint density at radius 3 is 1.91 bits per heavy atom. The van der Waals surface area contributed by atoms with E-state index in [0.29, 0.717) is 42.2 Å². The van der Waals surface area contributed by atoms with Gasteiger partial charge in [0, 0.05) is 31.1 Å². The Balaban J connectivity index is 1.10. The highest BCUT2D eigenvalue weighted by Crippen LogP contribution is 2.53. The zero-order valence-corrected chi connectivity index (χ0v) is 42.7. The Hall–Kier alpha value is -1.96. The standard InChI is InChI=1S/C55H84O9Si/c1-13-21-48(56-32-41-22-16-14-17-23-41)54(12)49(64-65(34(2)3,35(4)5)36(6)7)31-45-46(62-54)29-37(8)28-43-44(59-45)30-47-50(60-43)39(10)51(57-33-42-24-18-15-19-25-42)53-52(61-47)38(9)40(11)55(63-53)26-20-27-58-55/h13-19,22-25,34-40,43-53H,1,20-21,26-33H2,2-12H3/t37-,38+,39-,40+,43+,44-,45+,46-,47+,48-,49-,50-,51+,52-,53+,54+,55-/m1/s1. The van der Waals surface area contributed by atoms with E-state index in [9.17, 15) is 0 Å². The third kappa shape index (κ3) is 9.80. The van der Waals surface area contributed by atoms with Gasteiger partial charge in [-0.1, -0.05) is 136 Å². The molecule has 0 aliphatic carbocycles. The highest BCUT2D eigenvalue weighted by atomic mass is 28.4. The van der Waals surface area contributed by atoms with Crippen LogP contribution in [0.2, 0.25) is 16.6 Å². The molecule has 6 fully saturated rings. The lowest BCUT2D eigenvalue weighted by Gasteiger charge is -2.57. The molecule has 1 spiro atoms. The quantitative estimate of drug-likeness (QED) is 0.136. The van der Waals surface area contributed by atoms with Crippen molar-refractivity contribution < 1.29 is 42.3 Å². The Kier molecular flexibility index (Phi) is 15.6. The fourth-order valence-corrected chi connectivity index (χ4v) is 19.1. The van der Waals surface area contributed by atoms with E-state index in [-0.39, 0.29) is 84.9 Å². The molecule has 6 aliphatic rings. The highest BCUT2D eigenvalue weighted by molar-refractivity contribution is 6.77. The van der Waals surface area contributed by atoms with Gasteiger partial charge in [-0.15, -0.1) is 6.58 Å². The molecule has 0 N–H and O–H groups in total. The zero-order chi connectivity index (χ0) is 46.3. The second-order valence-corrected chi connectivity index (χ2v) is 27.6. The number of benzene rings is 2. The molecule has 2 aromatic carbocycles. The monoisotopic (exact) mass is 917 g/mol. The second kappa shape index (κ2) is 20.6. The van der Waals surface area contributed by atoms with Crippen molar-refractivity contribution in [3.8, 4) is 0 Å². The molecule has 0 unspecified atom stereocenters. The van der Waals surface area contributed by atoms with Crippen LogP contribution in [-0.4, -0.2) is 93.5 Å². The Morgan fingerprint density at radius 1 is 0.692 bits per heavy atom. The third-order valence-corrected chi connectivity index (χ3v) is 23.2. The zero-order valence-electron chi connectivity index (χ0n) is 41.7. The van der Waals surface area contributed by atoms with Gasteiger partial charge in [0.2, 0.25) is 8.32 Å². The van der Waals surface area contributed by atoms with E-state index in [1.807, 2.05) is 6.08 Å². The van der Waals surface area contributed by atoms with Gasteiger partial charge in [-0.05, 0) is 72.2 Å². The predicted molar refractivity (Wildman–Crippen MR) is 258 cm³/mol. The molecule has 6 saturated heterocycles. The SMILES string of the molecule is C=CC[C@@H](OCc1ccccc1)[C@]1(C)O[C@@H]2C[C@H](C)C[C@@H]3O[C@@H]4[C@@H](C)[C@H](OCc5ccccc5)[C@@H]5O[C@]6(CCCO6)[C@@H](C)[C@H](C)[C@H]5O[C@H]4C[C@H]3O[C@H]2C[C@H]1O[Si](C(C)C)(C(C)C)C(C)C. The average Bonchev–Trinajstić information content (AvgIpc) is 3.71. The van der Waals surface area contributed by atoms with Crippen LogP contribution in [0.4, 0.5) is 0 Å². The van der Waals surface area contributed by atoms with Crippen LogP contribution >= 0.6 is 0 Å². The van der Waals surface area contributed by atoms with Crippen molar-refractivity contribution in [2.45, 2.75) is 229 Å². The first-order valence-corrected chi connectivity index (χ1v) is 27.8. The molecule has 8 rings (SSSR count). The van der Waals surface area contributed by atoms with Crippen LogP contribution in [-0.2, 0) is 55.5 Å². The molecule has 0 radical (unpaired) electrons. The Bertz CT molecular complexity index is 1800. The van der Waals surface area contributed by atoms with E-state index < -0.39 is 19.7 Å². The van der Waals surface area contributed by atoms with Gasteiger partial charge in [0.25, 0.3) is 0 Å². The van der Waals surface area contributed by atoms with Gasteiger partial charge in [-0.2, -0.15) is 0 Å². The molecule has 17 atom stereocenters. The van der Waals surface area contributed by atoms with E-state index in [4.69, 9.17) is 42.3 Å². The molecule has 10 heteroatoms. The fourth-order valence-electron chi connectivity index (χ4n) is 13.5. The fraction of sp³-hybridized carbons (Fsp3) is 0.745. The van der Waals surface area contributed by atoms with Crippen LogP contribution in [0, 0.1) is 23.7 Å². The van der Waals surface area contributed by atoms with Crippen molar-refractivity contribution in [2.75, 3.05) is 6.61 Å². The van der Waals surface area contributed by atoms with Crippen molar-refractivity contribution in [1.82, 2.24) is 0 Å². The first-order valence-electron chi connectivity index (χ1n) is 25.7. The molecule has 65 heavy (non-hydrogen) atoms. The lowest BCUT2D eigenvalue weighted by Crippen LogP contribution is -2.67. The molecule has 362 valence electrons. The molecule has 0 amide bonds. The summed E-state index contributed by atoms with van der Waals surface area (Å²) in [7, 11) is -2.39. The minimum absolute atomic E-state index is 0.00239. The number of hydrogen-bond donors (Lipinski definition) is 0.